The first-order valence-electron chi connectivity index (χ1n) is 5.94. The van der Waals surface area contributed by atoms with Gasteiger partial charge in [0, 0.05) is 6.54 Å². The lowest BCUT2D eigenvalue weighted by Gasteiger charge is -2.28. The lowest BCUT2D eigenvalue weighted by Crippen LogP contribution is -2.39. The van der Waals surface area contributed by atoms with Crippen LogP contribution in [0.25, 0.3) is 0 Å². The molecule has 0 saturated heterocycles. The van der Waals surface area contributed by atoms with E-state index in [1.165, 1.54) is 25.7 Å². The van der Waals surface area contributed by atoms with E-state index < -0.39 is 5.60 Å². The summed E-state index contributed by atoms with van der Waals surface area (Å²) in [6.45, 7) is 11.2. The van der Waals surface area contributed by atoms with Gasteiger partial charge in [0.25, 0.3) is 0 Å². The van der Waals surface area contributed by atoms with Crippen LogP contribution in [0.5, 0.6) is 0 Å². The first-order chi connectivity index (χ1) is 6.49. The fraction of sp³-hybridized carbons (Fsp3) is 1.00. The van der Waals surface area contributed by atoms with Crippen LogP contribution in [-0.2, 0) is 0 Å². The molecule has 86 valence electrons. The van der Waals surface area contributed by atoms with Crippen molar-refractivity contribution in [2.24, 2.45) is 0 Å². The highest BCUT2D eigenvalue weighted by Crippen LogP contribution is 2.07. The van der Waals surface area contributed by atoms with Crippen molar-refractivity contribution in [3.8, 4) is 0 Å². The number of hydrogen-bond acceptors (Lipinski definition) is 2. The largest absolute Gasteiger partial charge is 0.389 e. The van der Waals surface area contributed by atoms with E-state index in [1.54, 1.807) is 0 Å². The van der Waals surface area contributed by atoms with Crippen molar-refractivity contribution in [3.05, 3.63) is 0 Å². The molecule has 0 unspecified atom stereocenters. The van der Waals surface area contributed by atoms with Crippen LogP contribution in [0.3, 0.4) is 0 Å². The Morgan fingerprint density at radius 1 is 1.00 bits per heavy atom. The van der Waals surface area contributed by atoms with Gasteiger partial charge in [-0.05, 0) is 39.8 Å². The second-order valence-electron chi connectivity index (χ2n) is 4.80. The Hall–Kier alpha value is -0.0800. The lowest BCUT2D eigenvalue weighted by molar-refractivity contribution is 0.0356. The highest BCUT2D eigenvalue weighted by molar-refractivity contribution is 4.71. The van der Waals surface area contributed by atoms with Crippen LogP contribution < -0.4 is 0 Å². The van der Waals surface area contributed by atoms with Gasteiger partial charge >= 0.3 is 0 Å². The Morgan fingerprint density at radius 3 is 2.07 bits per heavy atom. The number of hydrogen-bond donors (Lipinski definition) is 1. The standard InChI is InChI=1S/C12H27NO/c1-5-7-8-10-13(9-6-2)11-12(3,4)14/h14H,5-11H2,1-4H3. The van der Waals surface area contributed by atoms with Gasteiger partial charge in [0.2, 0.25) is 0 Å². The SMILES string of the molecule is CCCCCN(CCC)CC(C)(C)O. The number of unbranched alkanes of at least 4 members (excludes halogenated alkanes) is 2. The van der Waals surface area contributed by atoms with E-state index in [4.69, 9.17) is 0 Å². The molecule has 0 bridgehead atoms. The Labute approximate surface area is 89.3 Å². The normalized spacial score (nSPS) is 12.4. The molecule has 0 aromatic carbocycles. The van der Waals surface area contributed by atoms with Crippen molar-refractivity contribution in [2.75, 3.05) is 19.6 Å². The van der Waals surface area contributed by atoms with E-state index in [0.29, 0.717) is 0 Å². The van der Waals surface area contributed by atoms with Crippen LogP contribution in [0.1, 0.15) is 53.4 Å². The summed E-state index contributed by atoms with van der Waals surface area (Å²) >= 11 is 0. The quantitative estimate of drug-likeness (QED) is 0.610. The summed E-state index contributed by atoms with van der Waals surface area (Å²) in [7, 11) is 0. The zero-order valence-electron chi connectivity index (χ0n) is 10.3. The molecular formula is C12H27NO. The van der Waals surface area contributed by atoms with Crippen molar-refractivity contribution in [1.29, 1.82) is 0 Å². The summed E-state index contributed by atoms with van der Waals surface area (Å²) in [4.78, 5) is 2.37. The van der Waals surface area contributed by atoms with Gasteiger partial charge in [-0.25, -0.2) is 0 Å². The van der Waals surface area contributed by atoms with Gasteiger partial charge in [-0.3, -0.25) is 0 Å². The molecule has 0 aliphatic rings. The first-order valence-corrected chi connectivity index (χ1v) is 5.94. The van der Waals surface area contributed by atoms with E-state index in [9.17, 15) is 5.11 Å². The van der Waals surface area contributed by atoms with Crippen LogP contribution >= 0.6 is 0 Å². The molecule has 1 N–H and O–H groups in total. The molecule has 0 aromatic heterocycles. The van der Waals surface area contributed by atoms with Gasteiger partial charge in [0.1, 0.15) is 0 Å². The third-order valence-electron chi connectivity index (χ3n) is 2.23. The van der Waals surface area contributed by atoms with Crippen molar-refractivity contribution < 1.29 is 5.11 Å². The predicted octanol–water partition coefficient (Wildman–Crippen LogP) is 2.66. The highest BCUT2D eigenvalue weighted by atomic mass is 16.3. The summed E-state index contributed by atoms with van der Waals surface area (Å²) in [5.41, 5.74) is -0.554. The minimum absolute atomic E-state index is 0.554. The zero-order chi connectivity index (χ0) is 11.0. The third-order valence-corrected chi connectivity index (χ3v) is 2.23. The van der Waals surface area contributed by atoms with Gasteiger partial charge < -0.3 is 10.0 Å². The Morgan fingerprint density at radius 2 is 1.64 bits per heavy atom. The van der Waals surface area contributed by atoms with Crippen molar-refractivity contribution in [2.45, 2.75) is 59.0 Å². The number of nitrogens with zero attached hydrogens (tertiary/aromatic N) is 1. The van der Waals surface area contributed by atoms with Crippen molar-refractivity contribution >= 4 is 0 Å². The average molecular weight is 201 g/mol. The molecular weight excluding hydrogens is 174 g/mol. The van der Waals surface area contributed by atoms with E-state index in [2.05, 4.69) is 18.7 Å². The van der Waals surface area contributed by atoms with E-state index in [-0.39, 0.29) is 0 Å². The maximum absolute atomic E-state index is 9.73. The molecule has 0 atom stereocenters. The molecule has 2 heteroatoms. The predicted molar refractivity (Wildman–Crippen MR) is 62.6 cm³/mol. The van der Waals surface area contributed by atoms with Gasteiger partial charge in [0.15, 0.2) is 0 Å². The maximum atomic E-state index is 9.73. The smallest absolute Gasteiger partial charge is 0.0718 e. The molecule has 0 spiro atoms. The molecule has 0 aliphatic carbocycles. The van der Waals surface area contributed by atoms with Gasteiger partial charge in [0.05, 0.1) is 5.60 Å². The summed E-state index contributed by atoms with van der Waals surface area (Å²) < 4.78 is 0. The molecule has 0 heterocycles. The van der Waals surface area contributed by atoms with E-state index in [1.807, 2.05) is 13.8 Å². The second kappa shape index (κ2) is 7.24. The molecule has 0 aliphatic heterocycles. The van der Waals surface area contributed by atoms with Crippen LogP contribution in [0.4, 0.5) is 0 Å². The van der Waals surface area contributed by atoms with Gasteiger partial charge in [-0.15, -0.1) is 0 Å². The van der Waals surface area contributed by atoms with Gasteiger partial charge in [-0.1, -0.05) is 26.7 Å². The first kappa shape index (κ1) is 13.9. The van der Waals surface area contributed by atoms with Crippen molar-refractivity contribution in [1.82, 2.24) is 4.90 Å². The fourth-order valence-corrected chi connectivity index (χ4v) is 1.72. The minimum Gasteiger partial charge on any atom is -0.389 e. The molecule has 0 saturated carbocycles. The number of rotatable bonds is 8. The fourth-order valence-electron chi connectivity index (χ4n) is 1.72. The Bertz CT molecular complexity index is 129. The average Bonchev–Trinajstić information content (AvgIpc) is 2.02. The Kier molecular flexibility index (Phi) is 7.20. The van der Waals surface area contributed by atoms with Crippen LogP contribution in [0, 0.1) is 0 Å². The lowest BCUT2D eigenvalue weighted by atomic mass is 10.1. The maximum Gasteiger partial charge on any atom is 0.0718 e. The second-order valence-corrected chi connectivity index (χ2v) is 4.80. The molecule has 0 fully saturated rings. The summed E-state index contributed by atoms with van der Waals surface area (Å²) in [5.74, 6) is 0. The zero-order valence-corrected chi connectivity index (χ0v) is 10.3. The molecule has 0 amide bonds. The molecule has 14 heavy (non-hydrogen) atoms. The number of aliphatic hydroxyl groups is 1. The van der Waals surface area contributed by atoms with Crippen LogP contribution in [0.15, 0.2) is 0 Å². The monoisotopic (exact) mass is 201 g/mol. The summed E-state index contributed by atoms with van der Waals surface area (Å²) in [6, 6.07) is 0. The molecule has 0 aromatic rings. The molecule has 0 radical (unpaired) electrons. The summed E-state index contributed by atoms with van der Waals surface area (Å²) in [6.07, 6.45) is 4.99. The Balaban J connectivity index is 3.77. The van der Waals surface area contributed by atoms with Gasteiger partial charge in [-0.2, -0.15) is 0 Å². The molecule has 2 nitrogen and oxygen atoms in total. The summed E-state index contributed by atoms with van der Waals surface area (Å²) in [5, 5.41) is 9.73. The van der Waals surface area contributed by atoms with E-state index >= 15 is 0 Å². The van der Waals surface area contributed by atoms with Crippen LogP contribution in [-0.4, -0.2) is 35.2 Å². The van der Waals surface area contributed by atoms with Crippen LogP contribution in [0.2, 0.25) is 0 Å². The van der Waals surface area contributed by atoms with Crippen molar-refractivity contribution in [3.63, 3.8) is 0 Å². The third kappa shape index (κ3) is 8.52. The topological polar surface area (TPSA) is 23.5 Å². The molecule has 0 rings (SSSR count). The van der Waals surface area contributed by atoms with E-state index in [0.717, 1.165) is 19.6 Å². The minimum atomic E-state index is -0.554. The highest BCUT2D eigenvalue weighted by Gasteiger charge is 2.16.